The lowest BCUT2D eigenvalue weighted by Crippen LogP contribution is -2.02. The molecule has 0 fully saturated rings. The molecule has 0 radical (unpaired) electrons. The van der Waals surface area contributed by atoms with Crippen molar-refractivity contribution in [2.45, 2.75) is 25.7 Å². The van der Waals surface area contributed by atoms with E-state index in [-0.39, 0.29) is 18.6 Å². The van der Waals surface area contributed by atoms with Crippen molar-refractivity contribution < 1.29 is 23.7 Å². The SMILES string of the molecule is O=NC(=O)CCC1=CCCC=C1OP(=O)(O)O. The predicted octanol–water partition coefficient (Wildman–Crippen LogP) is 1.77. The van der Waals surface area contributed by atoms with E-state index < -0.39 is 13.7 Å². The zero-order valence-corrected chi connectivity index (χ0v) is 9.80. The van der Waals surface area contributed by atoms with Crippen molar-refractivity contribution in [2.75, 3.05) is 0 Å². The maximum absolute atomic E-state index is 10.7. The molecule has 0 aromatic carbocycles. The molecule has 2 N–H and O–H groups in total. The molecule has 0 atom stereocenters. The molecule has 94 valence electrons. The summed E-state index contributed by atoms with van der Waals surface area (Å²) in [4.78, 5) is 38.0. The van der Waals surface area contributed by atoms with Crippen LogP contribution in [0.1, 0.15) is 25.7 Å². The first-order valence-corrected chi connectivity index (χ1v) is 6.46. The quantitative estimate of drug-likeness (QED) is 0.576. The van der Waals surface area contributed by atoms with Gasteiger partial charge in [-0.25, -0.2) is 4.57 Å². The highest BCUT2D eigenvalue weighted by molar-refractivity contribution is 7.46. The molecule has 0 saturated carbocycles. The van der Waals surface area contributed by atoms with Crippen molar-refractivity contribution >= 4 is 13.7 Å². The Kier molecular flexibility index (Phi) is 4.74. The van der Waals surface area contributed by atoms with Gasteiger partial charge in [-0.3, -0.25) is 14.6 Å². The number of phosphoric ester groups is 1. The second-order valence-electron chi connectivity index (χ2n) is 3.44. The molecule has 7 nitrogen and oxygen atoms in total. The summed E-state index contributed by atoms with van der Waals surface area (Å²) in [5, 5.41) is 2.24. The van der Waals surface area contributed by atoms with Crippen LogP contribution in [0.4, 0.5) is 0 Å². The minimum Gasteiger partial charge on any atom is -0.404 e. The lowest BCUT2D eigenvalue weighted by atomic mass is 10.0. The molecule has 0 aromatic rings. The number of hydrogen-bond acceptors (Lipinski definition) is 4. The van der Waals surface area contributed by atoms with Crippen molar-refractivity contribution in [3.8, 4) is 0 Å². The third kappa shape index (κ3) is 5.04. The Morgan fingerprint density at radius 1 is 1.41 bits per heavy atom. The lowest BCUT2D eigenvalue weighted by Gasteiger charge is -2.16. The summed E-state index contributed by atoms with van der Waals surface area (Å²) in [5.41, 5.74) is 0.511. The normalized spacial score (nSPS) is 15.9. The fraction of sp³-hybridized carbons (Fsp3) is 0.444. The summed E-state index contributed by atoms with van der Waals surface area (Å²) in [5.74, 6) is -0.727. The fourth-order valence-corrected chi connectivity index (χ4v) is 1.89. The number of nitroso groups, excluding NO2 is 1. The van der Waals surface area contributed by atoms with Crippen LogP contribution in [0.15, 0.2) is 28.7 Å². The maximum atomic E-state index is 10.7. The molecule has 1 aliphatic carbocycles. The van der Waals surface area contributed by atoms with Gasteiger partial charge >= 0.3 is 7.82 Å². The molecule has 8 heteroatoms. The van der Waals surface area contributed by atoms with Crippen LogP contribution in [-0.4, -0.2) is 15.7 Å². The van der Waals surface area contributed by atoms with E-state index in [9.17, 15) is 14.3 Å². The molecule has 0 saturated heterocycles. The lowest BCUT2D eigenvalue weighted by molar-refractivity contribution is -0.117. The number of amides is 1. The van der Waals surface area contributed by atoms with Gasteiger partial charge in [-0.2, -0.15) is 0 Å². The Morgan fingerprint density at radius 3 is 2.65 bits per heavy atom. The van der Waals surface area contributed by atoms with Gasteiger partial charge in [0.25, 0.3) is 5.91 Å². The van der Waals surface area contributed by atoms with E-state index in [0.29, 0.717) is 18.4 Å². The van der Waals surface area contributed by atoms with E-state index in [1.807, 2.05) is 0 Å². The molecule has 0 bridgehead atoms. The predicted molar refractivity (Wildman–Crippen MR) is 58.6 cm³/mol. The molecule has 0 unspecified atom stereocenters. The van der Waals surface area contributed by atoms with Gasteiger partial charge in [0.15, 0.2) is 0 Å². The highest BCUT2D eigenvalue weighted by Gasteiger charge is 2.21. The first kappa shape index (κ1) is 13.8. The number of hydrogen-bond donors (Lipinski definition) is 2. The van der Waals surface area contributed by atoms with Gasteiger partial charge in [0, 0.05) is 11.6 Å². The van der Waals surface area contributed by atoms with E-state index in [0.717, 1.165) is 0 Å². The average Bonchev–Trinajstić information content (AvgIpc) is 2.25. The Hall–Kier alpha value is -1.30. The first-order chi connectivity index (χ1) is 7.92. The summed E-state index contributed by atoms with van der Waals surface area (Å²) < 4.78 is 15.2. The number of allylic oxidation sites excluding steroid dienone is 3. The van der Waals surface area contributed by atoms with Crippen LogP contribution < -0.4 is 0 Å². The van der Waals surface area contributed by atoms with Crippen LogP contribution in [0.3, 0.4) is 0 Å². The zero-order chi connectivity index (χ0) is 12.9. The summed E-state index contributed by atoms with van der Waals surface area (Å²) in [6.45, 7) is 0. The highest BCUT2D eigenvalue weighted by Crippen LogP contribution is 2.42. The van der Waals surface area contributed by atoms with Crippen LogP contribution in [-0.2, 0) is 13.9 Å². The van der Waals surface area contributed by atoms with Crippen molar-refractivity contribution in [1.82, 2.24) is 0 Å². The van der Waals surface area contributed by atoms with E-state index in [4.69, 9.17) is 9.79 Å². The van der Waals surface area contributed by atoms with Crippen molar-refractivity contribution in [2.24, 2.45) is 5.18 Å². The smallest absolute Gasteiger partial charge is 0.404 e. The van der Waals surface area contributed by atoms with E-state index in [1.54, 1.807) is 12.2 Å². The zero-order valence-electron chi connectivity index (χ0n) is 8.90. The molecular formula is C9H12NO6P. The Bertz CT molecular complexity index is 421. The monoisotopic (exact) mass is 261 g/mol. The summed E-state index contributed by atoms with van der Waals surface area (Å²) in [6.07, 6.45) is 4.66. The van der Waals surface area contributed by atoms with Gasteiger partial charge in [-0.15, -0.1) is 4.91 Å². The minimum atomic E-state index is -4.61. The van der Waals surface area contributed by atoms with Crippen LogP contribution in [0.25, 0.3) is 0 Å². The van der Waals surface area contributed by atoms with E-state index in [2.05, 4.69) is 9.70 Å². The summed E-state index contributed by atoms with van der Waals surface area (Å²) >= 11 is 0. The Labute approximate surface area is 97.4 Å². The summed E-state index contributed by atoms with van der Waals surface area (Å²) in [6, 6.07) is 0. The van der Waals surface area contributed by atoms with Crippen LogP contribution in [0.5, 0.6) is 0 Å². The van der Waals surface area contributed by atoms with Gasteiger partial charge in [0.1, 0.15) is 5.76 Å². The second-order valence-corrected chi connectivity index (χ2v) is 4.61. The molecule has 1 amide bonds. The number of nitrogens with zero attached hydrogens (tertiary/aromatic N) is 1. The minimum absolute atomic E-state index is 0.0725. The highest BCUT2D eigenvalue weighted by atomic mass is 31.2. The molecule has 0 aromatic heterocycles. The van der Waals surface area contributed by atoms with Crippen LogP contribution in [0.2, 0.25) is 0 Å². The summed E-state index contributed by atoms with van der Waals surface area (Å²) in [7, 11) is -4.61. The van der Waals surface area contributed by atoms with Crippen LogP contribution in [0, 0.1) is 4.91 Å². The average molecular weight is 261 g/mol. The molecule has 1 rings (SSSR count). The molecule has 0 aliphatic heterocycles. The maximum Gasteiger partial charge on any atom is 0.524 e. The van der Waals surface area contributed by atoms with Crippen LogP contribution >= 0.6 is 7.82 Å². The van der Waals surface area contributed by atoms with E-state index >= 15 is 0 Å². The molecule has 17 heavy (non-hydrogen) atoms. The van der Waals surface area contributed by atoms with Gasteiger partial charge in [-0.1, -0.05) is 6.08 Å². The molecule has 0 heterocycles. The number of phosphoric acid groups is 1. The Morgan fingerprint density at radius 2 is 2.06 bits per heavy atom. The third-order valence-corrected chi connectivity index (χ3v) is 2.57. The molecule has 1 aliphatic rings. The van der Waals surface area contributed by atoms with Gasteiger partial charge in [0.2, 0.25) is 0 Å². The van der Waals surface area contributed by atoms with Crippen molar-refractivity contribution in [1.29, 1.82) is 0 Å². The fourth-order valence-electron chi connectivity index (χ4n) is 1.44. The number of rotatable bonds is 5. The number of carbonyl (C=O) groups excluding carboxylic acids is 1. The van der Waals surface area contributed by atoms with Crippen molar-refractivity contribution in [3.05, 3.63) is 28.4 Å². The van der Waals surface area contributed by atoms with Crippen molar-refractivity contribution in [3.63, 3.8) is 0 Å². The van der Waals surface area contributed by atoms with E-state index in [1.165, 1.54) is 0 Å². The van der Waals surface area contributed by atoms with Gasteiger partial charge in [0.05, 0.1) is 0 Å². The Balaban J connectivity index is 2.66. The largest absolute Gasteiger partial charge is 0.524 e. The van der Waals surface area contributed by atoms with Gasteiger partial charge < -0.3 is 4.52 Å². The van der Waals surface area contributed by atoms with Gasteiger partial charge in [-0.05, 0) is 30.9 Å². The molecule has 0 spiro atoms. The third-order valence-electron chi connectivity index (χ3n) is 2.13. The second kappa shape index (κ2) is 5.86. The topological polar surface area (TPSA) is 113 Å². The standard InChI is InChI=1S/C9H12NO6P/c11-9(10-12)6-5-7-3-1-2-4-8(7)16-17(13,14)15/h3-4H,1-2,5-6H2,(H2,13,14,15). The number of carbonyl (C=O) groups is 1. The molecular weight excluding hydrogens is 249 g/mol. The first-order valence-electron chi connectivity index (χ1n) is 4.93.